The minimum atomic E-state index is -0.400. The van der Waals surface area contributed by atoms with Gasteiger partial charge in [-0.15, -0.1) is 0 Å². The van der Waals surface area contributed by atoms with Crippen LogP contribution in [0.1, 0.15) is 29.7 Å². The lowest BCUT2D eigenvalue weighted by Gasteiger charge is -2.15. The van der Waals surface area contributed by atoms with Crippen LogP contribution in [-0.2, 0) is 11.4 Å². The van der Waals surface area contributed by atoms with Gasteiger partial charge in [0, 0.05) is 32.1 Å². The third kappa shape index (κ3) is 4.34. The van der Waals surface area contributed by atoms with Gasteiger partial charge in [-0.1, -0.05) is 6.07 Å². The topological polar surface area (TPSA) is 84.7 Å². The van der Waals surface area contributed by atoms with Crippen molar-refractivity contribution < 1.29 is 23.1 Å². The Labute approximate surface area is 143 Å². The van der Waals surface area contributed by atoms with Crippen molar-refractivity contribution in [2.45, 2.75) is 26.0 Å². The summed E-state index contributed by atoms with van der Waals surface area (Å²) in [6.07, 6.45) is 1.98. The fourth-order valence-corrected chi connectivity index (χ4v) is 2.69. The first kappa shape index (κ1) is 16.9. The van der Waals surface area contributed by atoms with E-state index in [4.69, 9.17) is 9.15 Å². The Balaban J connectivity index is 1.56. The lowest BCUT2D eigenvalue weighted by Crippen LogP contribution is -2.37. The number of oxazole rings is 1. The first-order chi connectivity index (χ1) is 12.0. The summed E-state index contributed by atoms with van der Waals surface area (Å²) in [5, 5.41) is 2.80. The van der Waals surface area contributed by atoms with Crippen molar-refractivity contribution in [2.24, 2.45) is 0 Å². The summed E-state index contributed by atoms with van der Waals surface area (Å²) >= 11 is 0. The Morgan fingerprint density at radius 3 is 3.08 bits per heavy atom. The summed E-state index contributed by atoms with van der Waals surface area (Å²) < 4.78 is 23.7. The average molecular weight is 347 g/mol. The molecule has 1 N–H and O–H groups in total. The Morgan fingerprint density at radius 2 is 2.32 bits per heavy atom. The van der Waals surface area contributed by atoms with Crippen LogP contribution >= 0.6 is 0 Å². The van der Waals surface area contributed by atoms with Crippen molar-refractivity contribution in [3.05, 3.63) is 47.9 Å². The summed E-state index contributed by atoms with van der Waals surface area (Å²) in [5.74, 6) is -0.191. The van der Waals surface area contributed by atoms with E-state index >= 15 is 0 Å². The molecule has 0 bridgehead atoms. The van der Waals surface area contributed by atoms with Crippen LogP contribution in [0.4, 0.5) is 4.39 Å². The van der Waals surface area contributed by atoms with E-state index in [1.165, 1.54) is 31.4 Å². The van der Waals surface area contributed by atoms with Gasteiger partial charge in [0.15, 0.2) is 12.3 Å². The Hall–Kier alpha value is -2.90. The van der Waals surface area contributed by atoms with Gasteiger partial charge in [-0.25, -0.2) is 9.37 Å². The number of nitrogens with one attached hydrogen (secondary N) is 1. The highest BCUT2D eigenvalue weighted by Crippen LogP contribution is 2.16. The second-order valence-corrected chi connectivity index (χ2v) is 5.81. The molecule has 1 aliphatic heterocycles. The highest BCUT2D eigenvalue weighted by Gasteiger charge is 2.29. The molecule has 7 nitrogen and oxygen atoms in total. The summed E-state index contributed by atoms with van der Waals surface area (Å²) in [5.41, 5.74) is 0.182. The Bertz CT molecular complexity index is 777. The number of nitrogens with zero attached hydrogens (tertiary/aromatic N) is 2. The SMILES string of the molecule is CC(=O)N[C@@H]1CCN(C(=O)c2coc(COc3cccc(F)c3)n2)C1. The van der Waals surface area contributed by atoms with Crippen molar-refractivity contribution >= 4 is 11.8 Å². The fourth-order valence-electron chi connectivity index (χ4n) is 2.69. The minimum Gasteiger partial charge on any atom is -0.484 e. The van der Waals surface area contributed by atoms with E-state index in [1.54, 1.807) is 11.0 Å². The normalized spacial score (nSPS) is 16.7. The van der Waals surface area contributed by atoms with Crippen molar-refractivity contribution in [1.29, 1.82) is 0 Å². The number of halogens is 1. The molecule has 1 fully saturated rings. The molecule has 8 heteroatoms. The number of hydrogen-bond acceptors (Lipinski definition) is 5. The van der Waals surface area contributed by atoms with E-state index in [0.717, 1.165) is 0 Å². The van der Waals surface area contributed by atoms with E-state index in [9.17, 15) is 14.0 Å². The van der Waals surface area contributed by atoms with Crippen LogP contribution in [0, 0.1) is 5.82 Å². The second-order valence-electron chi connectivity index (χ2n) is 5.81. The number of ether oxygens (including phenoxy) is 1. The van der Waals surface area contributed by atoms with Crippen molar-refractivity contribution in [3.63, 3.8) is 0 Å². The van der Waals surface area contributed by atoms with Crippen molar-refractivity contribution in [1.82, 2.24) is 15.2 Å². The molecule has 1 aromatic heterocycles. The standard InChI is InChI=1S/C17H18FN3O4/c1-11(22)19-13-5-6-21(8-13)17(23)15-9-25-16(20-15)10-24-14-4-2-3-12(18)7-14/h2-4,7,9,13H,5-6,8,10H2,1H3,(H,19,22)/t13-/m1/s1. The van der Waals surface area contributed by atoms with E-state index in [0.29, 0.717) is 25.3 Å². The molecule has 0 unspecified atom stereocenters. The Morgan fingerprint density at radius 1 is 1.48 bits per heavy atom. The molecule has 0 aliphatic carbocycles. The quantitative estimate of drug-likeness (QED) is 0.891. The maximum atomic E-state index is 13.1. The lowest BCUT2D eigenvalue weighted by molar-refractivity contribution is -0.119. The largest absolute Gasteiger partial charge is 0.484 e. The molecule has 1 aliphatic rings. The van der Waals surface area contributed by atoms with Gasteiger partial charge in [-0.2, -0.15) is 0 Å². The third-order valence-electron chi connectivity index (χ3n) is 3.81. The van der Waals surface area contributed by atoms with Crippen LogP contribution in [0.15, 0.2) is 34.9 Å². The zero-order valence-electron chi connectivity index (χ0n) is 13.7. The first-order valence-corrected chi connectivity index (χ1v) is 7.90. The zero-order chi connectivity index (χ0) is 17.8. The van der Waals surface area contributed by atoms with Crippen LogP contribution in [0.5, 0.6) is 5.75 Å². The van der Waals surface area contributed by atoms with E-state index < -0.39 is 5.82 Å². The zero-order valence-corrected chi connectivity index (χ0v) is 13.7. The number of carbonyl (C=O) groups excluding carboxylic acids is 2. The molecule has 0 spiro atoms. The summed E-state index contributed by atoms with van der Waals surface area (Å²) in [7, 11) is 0. The molecule has 3 rings (SSSR count). The van der Waals surface area contributed by atoms with Crippen LogP contribution in [0.3, 0.4) is 0 Å². The number of likely N-dealkylation sites (tertiary alicyclic amines) is 1. The molecule has 0 saturated carbocycles. The molecular weight excluding hydrogens is 329 g/mol. The van der Waals surface area contributed by atoms with Gasteiger partial charge in [0.25, 0.3) is 5.91 Å². The summed E-state index contributed by atoms with van der Waals surface area (Å²) in [6.45, 7) is 2.43. The van der Waals surface area contributed by atoms with Gasteiger partial charge >= 0.3 is 0 Å². The molecule has 1 saturated heterocycles. The minimum absolute atomic E-state index is 0.00868. The van der Waals surface area contributed by atoms with Crippen LogP contribution in [-0.4, -0.2) is 40.8 Å². The van der Waals surface area contributed by atoms with Crippen molar-refractivity contribution in [3.8, 4) is 5.75 Å². The van der Waals surface area contributed by atoms with Gasteiger partial charge in [-0.3, -0.25) is 9.59 Å². The molecule has 1 aromatic carbocycles. The number of aromatic nitrogens is 1. The number of rotatable bonds is 5. The van der Waals surface area contributed by atoms with Crippen molar-refractivity contribution in [2.75, 3.05) is 13.1 Å². The average Bonchev–Trinajstić information content (AvgIpc) is 3.21. The predicted molar refractivity (Wildman–Crippen MR) is 85.4 cm³/mol. The fraction of sp³-hybridized carbons (Fsp3) is 0.353. The number of benzene rings is 1. The smallest absolute Gasteiger partial charge is 0.275 e. The van der Waals surface area contributed by atoms with Gasteiger partial charge in [0.2, 0.25) is 11.8 Å². The molecule has 132 valence electrons. The maximum absolute atomic E-state index is 13.1. The number of hydrogen-bond donors (Lipinski definition) is 1. The lowest BCUT2D eigenvalue weighted by atomic mass is 10.2. The molecule has 2 aromatic rings. The van der Waals surface area contributed by atoms with Gasteiger partial charge < -0.3 is 19.4 Å². The second kappa shape index (κ2) is 7.33. The molecule has 0 radical (unpaired) electrons. The van der Waals surface area contributed by atoms with Crippen LogP contribution in [0.2, 0.25) is 0 Å². The number of carbonyl (C=O) groups is 2. The van der Waals surface area contributed by atoms with E-state index in [-0.39, 0.29) is 36.0 Å². The third-order valence-corrected chi connectivity index (χ3v) is 3.81. The molecular formula is C17H18FN3O4. The maximum Gasteiger partial charge on any atom is 0.275 e. The summed E-state index contributed by atoms with van der Waals surface area (Å²) in [4.78, 5) is 29.2. The molecule has 2 heterocycles. The monoisotopic (exact) mass is 347 g/mol. The van der Waals surface area contributed by atoms with E-state index in [2.05, 4.69) is 10.3 Å². The predicted octanol–water partition coefficient (Wildman–Crippen LogP) is 1.74. The first-order valence-electron chi connectivity index (χ1n) is 7.90. The highest BCUT2D eigenvalue weighted by molar-refractivity contribution is 5.92. The Kier molecular flexibility index (Phi) is 4.97. The van der Waals surface area contributed by atoms with Gasteiger partial charge in [-0.05, 0) is 18.6 Å². The summed E-state index contributed by atoms with van der Waals surface area (Å²) in [6, 6.07) is 5.68. The number of amides is 2. The van der Waals surface area contributed by atoms with Crippen LogP contribution < -0.4 is 10.1 Å². The van der Waals surface area contributed by atoms with Gasteiger partial charge in [0.1, 0.15) is 17.8 Å². The van der Waals surface area contributed by atoms with E-state index in [1.807, 2.05) is 0 Å². The molecule has 2 amide bonds. The van der Waals surface area contributed by atoms with Gasteiger partial charge in [0.05, 0.1) is 0 Å². The highest BCUT2D eigenvalue weighted by atomic mass is 19.1. The molecule has 1 atom stereocenters. The molecule has 25 heavy (non-hydrogen) atoms. The van der Waals surface area contributed by atoms with Crippen LogP contribution in [0.25, 0.3) is 0 Å².